The second-order valence-corrected chi connectivity index (χ2v) is 5.74. The monoisotopic (exact) mass is 306 g/mol. The van der Waals surface area contributed by atoms with Crippen molar-refractivity contribution in [1.29, 1.82) is 0 Å². The number of nitro benzene ring substituents is 1. The summed E-state index contributed by atoms with van der Waals surface area (Å²) in [4.78, 5) is 10.4. The molecular weight excluding hydrogens is 292 g/mol. The summed E-state index contributed by atoms with van der Waals surface area (Å²) >= 11 is 1.55. The lowest BCUT2D eigenvalue weighted by atomic mass is 10.3. The second kappa shape index (κ2) is 6.13. The van der Waals surface area contributed by atoms with E-state index >= 15 is 0 Å². The maximum atomic E-state index is 10.9. The van der Waals surface area contributed by atoms with Crippen molar-refractivity contribution in [3.8, 4) is 5.75 Å². The van der Waals surface area contributed by atoms with E-state index in [1.807, 2.05) is 0 Å². The third kappa shape index (κ3) is 3.33. The summed E-state index contributed by atoms with van der Waals surface area (Å²) in [6.45, 7) is 0.382. The average molecular weight is 306 g/mol. The third-order valence-corrected chi connectivity index (χ3v) is 4.04. The lowest BCUT2D eigenvalue weighted by Gasteiger charge is -2.07. The van der Waals surface area contributed by atoms with Crippen LogP contribution in [0.2, 0.25) is 0 Å². The summed E-state index contributed by atoms with van der Waals surface area (Å²) in [5.41, 5.74) is -0.0105. The van der Waals surface area contributed by atoms with E-state index in [0.717, 1.165) is 5.16 Å². The molecule has 1 aliphatic carbocycles. The fourth-order valence-electron chi connectivity index (χ4n) is 1.95. The van der Waals surface area contributed by atoms with Gasteiger partial charge in [-0.25, -0.2) is 0 Å². The Labute approximate surface area is 125 Å². The zero-order valence-corrected chi connectivity index (χ0v) is 12.0. The van der Waals surface area contributed by atoms with Crippen LogP contribution in [0.4, 0.5) is 5.69 Å². The van der Waals surface area contributed by atoms with Crippen molar-refractivity contribution >= 4 is 17.4 Å². The van der Waals surface area contributed by atoms with Crippen molar-refractivity contribution in [2.75, 3.05) is 12.4 Å². The highest BCUT2D eigenvalue weighted by Gasteiger charge is 2.26. The molecule has 0 radical (unpaired) electrons. The van der Waals surface area contributed by atoms with Gasteiger partial charge in [-0.2, -0.15) is 0 Å². The molecule has 1 aromatic carbocycles. The van der Waals surface area contributed by atoms with Gasteiger partial charge in [0, 0.05) is 17.9 Å². The molecule has 0 atom stereocenters. The van der Waals surface area contributed by atoms with E-state index in [4.69, 9.17) is 4.74 Å². The predicted octanol–water partition coefficient (Wildman–Crippen LogP) is 2.69. The van der Waals surface area contributed by atoms with Crippen LogP contribution in [0.5, 0.6) is 5.75 Å². The number of nitro groups is 1. The van der Waals surface area contributed by atoms with Crippen LogP contribution in [0.3, 0.4) is 0 Å². The Balaban J connectivity index is 1.52. The Morgan fingerprint density at radius 3 is 3.00 bits per heavy atom. The fraction of sp³-hybridized carbons (Fsp3) is 0.385. The normalized spacial score (nSPS) is 14.1. The molecule has 110 valence electrons. The highest BCUT2D eigenvalue weighted by atomic mass is 32.2. The summed E-state index contributed by atoms with van der Waals surface area (Å²) in [6.07, 6.45) is 4.11. The van der Waals surface area contributed by atoms with Crippen molar-refractivity contribution < 1.29 is 9.66 Å². The van der Waals surface area contributed by atoms with Crippen LogP contribution in [-0.4, -0.2) is 32.0 Å². The molecule has 0 unspecified atom stereocenters. The number of aromatic nitrogens is 3. The molecule has 3 rings (SSSR count). The molecule has 8 heteroatoms. The topological polar surface area (TPSA) is 83.1 Å². The number of hydrogen-bond donors (Lipinski definition) is 0. The van der Waals surface area contributed by atoms with Crippen molar-refractivity contribution in [1.82, 2.24) is 14.8 Å². The van der Waals surface area contributed by atoms with E-state index in [1.54, 1.807) is 36.3 Å². The molecule has 0 amide bonds. The van der Waals surface area contributed by atoms with Gasteiger partial charge in [-0.05, 0) is 18.9 Å². The van der Waals surface area contributed by atoms with Crippen LogP contribution in [0.1, 0.15) is 18.9 Å². The first-order valence-electron chi connectivity index (χ1n) is 6.64. The van der Waals surface area contributed by atoms with Gasteiger partial charge in [-0.1, -0.05) is 23.9 Å². The molecule has 1 aliphatic rings. The molecule has 0 bridgehead atoms. The molecule has 0 aliphatic heterocycles. The number of ether oxygens (including phenoxy) is 1. The van der Waals surface area contributed by atoms with Crippen molar-refractivity contribution in [3.63, 3.8) is 0 Å². The zero-order valence-electron chi connectivity index (χ0n) is 11.2. The molecule has 21 heavy (non-hydrogen) atoms. The van der Waals surface area contributed by atoms with Gasteiger partial charge in [0.2, 0.25) is 0 Å². The van der Waals surface area contributed by atoms with Crippen LogP contribution in [0, 0.1) is 10.1 Å². The second-order valence-electron chi connectivity index (χ2n) is 4.67. The minimum atomic E-state index is -0.438. The summed E-state index contributed by atoms with van der Waals surface area (Å²) in [7, 11) is 0. The van der Waals surface area contributed by atoms with Crippen LogP contribution < -0.4 is 4.74 Å². The minimum Gasteiger partial charge on any atom is -0.486 e. The Hall–Kier alpha value is -2.09. The molecule has 7 nitrogen and oxygen atoms in total. The number of nitrogens with zero attached hydrogens (tertiary/aromatic N) is 4. The summed E-state index contributed by atoms with van der Waals surface area (Å²) in [6, 6.07) is 6.93. The molecule has 0 saturated heterocycles. The molecule has 1 fully saturated rings. The number of thioether (sulfide) groups is 1. The van der Waals surface area contributed by atoms with Crippen LogP contribution in [-0.2, 0) is 0 Å². The number of rotatable bonds is 7. The van der Waals surface area contributed by atoms with Crippen molar-refractivity contribution in [2.45, 2.75) is 24.0 Å². The number of benzene rings is 1. The Kier molecular flexibility index (Phi) is 4.05. The van der Waals surface area contributed by atoms with Crippen LogP contribution in [0.15, 0.2) is 35.7 Å². The maximum absolute atomic E-state index is 10.9. The first-order valence-corrected chi connectivity index (χ1v) is 7.63. The lowest BCUT2D eigenvalue weighted by molar-refractivity contribution is -0.385. The summed E-state index contributed by atoms with van der Waals surface area (Å²) in [5.74, 6) is 0.962. The smallest absolute Gasteiger partial charge is 0.310 e. The standard InChI is InChI=1S/C13H14N4O3S/c18-17(19)11-3-1-2-4-12(11)20-7-8-21-13-15-14-9-16(13)10-5-6-10/h1-4,9-10H,5-8H2. The molecule has 1 aromatic heterocycles. The molecule has 1 saturated carbocycles. The highest BCUT2D eigenvalue weighted by molar-refractivity contribution is 7.99. The Morgan fingerprint density at radius 1 is 1.43 bits per heavy atom. The van der Waals surface area contributed by atoms with Gasteiger partial charge in [0.1, 0.15) is 6.33 Å². The predicted molar refractivity (Wildman–Crippen MR) is 77.6 cm³/mol. The number of hydrogen-bond acceptors (Lipinski definition) is 6. The van der Waals surface area contributed by atoms with Gasteiger partial charge < -0.3 is 9.30 Å². The van der Waals surface area contributed by atoms with E-state index < -0.39 is 4.92 Å². The first-order chi connectivity index (χ1) is 10.3. The highest BCUT2D eigenvalue weighted by Crippen LogP contribution is 2.37. The van der Waals surface area contributed by atoms with Crippen molar-refractivity contribution in [3.05, 3.63) is 40.7 Å². The van der Waals surface area contributed by atoms with Gasteiger partial charge in [-0.3, -0.25) is 10.1 Å². The average Bonchev–Trinajstić information content (AvgIpc) is 3.23. The quantitative estimate of drug-likeness (QED) is 0.338. The fourth-order valence-corrected chi connectivity index (χ4v) is 2.75. The molecule has 0 N–H and O–H groups in total. The summed E-state index contributed by atoms with van der Waals surface area (Å²) in [5, 5.41) is 19.7. The molecular formula is C13H14N4O3S. The van der Waals surface area contributed by atoms with E-state index in [1.165, 1.54) is 18.9 Å². The Morgan fingerprint density at radius 2 is 2.24 bits per heavy atom. The zero-order chi connectivity index (χ0) is 14.7. The lowest BCUT2D eigenvalue weighted by Crippen LogP contribution is -2.04. The van der Waals surface area contributed by atoms with E-state index in [0.29, 0.717) is 24.2 Å². The van der Waals surface area contributed by atoms with Gasteiger partial charge >= 0.3 is 5.69 Å². The summed E-state index contributed by atoms with van der Waals surface area (Å²) < 4.78 is 7.57. The van der Waals surface area contributed by atoms with Gasteiger partial charge in [-0.15, -0.1) is 10.2 Å². The van der Waals surface area contributed by atoms with Gasteiger partial charge in [0.25, 0.3) is 0 Å². The van der Waals surface area contributed by atoms with E-state index in [-0.39, 0.29) is 5.69 Å². The van der Waals surface area contributed by atoms with Crippen LogP contribution >= 0.6 is 11.8 Å². The first kappa shape index (κ1) is 13.9. The minimum absolute atomic E-state index is 0.0105. The van der Waals surface area contributed by atoms with Gasteiger partial charge in [0.05, 0.1) is 11.5 Å². The molecule has 2 aromatic rings. The SMILES string of the molecule is O=[N+]([O-])c1ccccc1OCCSc1nncn1C1CC1. The molecule has 1 heterocycles. The maximum Gasteiger partial charge on any atom is 0.310 e. The van der Waals surface area contributed by atoms with Gasteiger partial charge in [0.15, 0.2) is 10.9 Å². The largest absolute Gasteiger partial charge is 0.486 e. The van der Waals surface area contributed by atoms with E-state index in [2.05, 4.69) is 14.8 Å². The van der Waals surface area contributed by atoms with Crippen molar-refractivity contribution in [2.24, 2.45) is 0 Å². The molecule has 0 spiro atoms. The van der Waals surface area contributed by atoms with E-state index in [9.17, 15) is 10.1 Å². The number of para-hydroxylation sites is 2. The third-order valence-electron chi connectivity index (χ3n) is 3.11. The van der Waals surface area contributed by atoms with Crippen LogP contribution in [0.25, 0.3) is 0 Å². The Bertz CT molecular complexity index is 642.